The predicted molar refractivity (Wildman–Crippen MR) is 87.0 cm³/mol. The van der Waals surface area contributed by atoms with Crippen LogP contribution in [0.3, 0.4) is 0 Å². The normalized spacial score (nSPS) is 16.5. The van der Waals surface area contributed by atoms with Gasteiger partial charge in [0.15, 0.2) is 0 Å². The average Bonchev–Trinajstić information content (AvgIpc) is 2.82. The molecule has 0 radical (unpaired) electrons. The summed E-state index contributed by atoms with van der Waals surface area (Å²) >= 11 is 0. The summed E-state index contributed by atoms with van der Waals surface area (Å²) in [6, 6.07) is 3.46. The second-order valence-electron chi connectivity index (χ2n) is 7.40. The summed E-state index contributed by atoms with van der Waals surface area (Å²) < 4.78 is 3.42. The van der Waals surface area contributed by atoms with Gasteiger partial charge in [0.2, 0.25) is 0 Å². The first-order chi connectivity index (χ1) is 10.8. The summed E-state index contributed by atoms with van der Waals surface area (Å²) in [7, 11) is 1.90. The van der Waals surface area contributed by atoms with E-state index in [2.05, 4.69) is 41.1 Å². The maximum absolute atomic E-state index is 12.0. The zero-order valence-corrected chi connectivity index (χ0v) is 14.2. The van der Waals surface area contributed by atoms with E-state index in [1.165, 1.54) is 0 Å². The van der Waals surface area contributed by atoms with Crippen LogP contribution < -0.4 is 5.56 Å². The molecule has 2 aromatic rings. The van der Waals surface area contributed by atoms with Gasteiger partial charge >= 0.3 is 0 Å². The molecule has 1 fully saturated rings. The van der Waals surface area contributed by atoms with Gasteiger partial charge in [0.1, 0.15) is 0 Å². The van der Waals surface area contributed by atoms with Crippen LogP contribution >= 0.6 is 0 Å². The molecule has 7 nitrogen and oxygen atoms in total. The molecule has 0 unspecified atom stereocenters. The molecule has 0 atom stereocenters. The van der Waals surface area contributed by atoms with Crippen LogP contribution in [0.4, 0.5) is 0 Å². The molecule has 3 heterocycles. The van der Waals surface area contributed by atoms with Crippen LogP contribution in [0.1, 0.15) is 32.2 Å². The zero-order valence-electron chi connectivity index (χ0n) is 14.2. The molecule has 23 heavy (non-hydrogen) atoms. The van der Waals surface area contributed by atoms with E-state index in [1.807, 2.05) is 13.1 Å². The van der Waals surface area contributed by atoms with Crippen LogP contribution in [0.25, 0.3) is 0 Å². The average molecular weight is 316 g/mol. The topological polar surface area (TPSA) is 68.8 Å². The van der Waals surface area contributed by atoms with Gasteiger partial charge in [0, 0.05) is 44.1 Å². The molecule has 1 aliphatic heterocycles. The Labute approximate surface area is 135 Å². The van der Waals surface area contributed by atoms with Crippen LogP contribution in [-0.2, 0) is 25.6 Å². The maximum Gasteiger partial charge on any atom is 0.266 e. The molecule has 3 rings (SSSR count). The first-order valence-electron chi connectivity index (χ1n) is 7.97. The number of hydrogen-bond acceptors (Lipinski definition) is 5. The highest BCUT2D eigenvalue weighted by Gasteiger charge is 2.28. The van der Waals surface area contributed by atoms with Crippen molar-refractivity contribution in [3.8, 4) is 0 Å². The van der Waals surface area contributed by atoms with E-state index in [1.54, 1.807) is 21.6 Å². The number of hydrogen-bond donors (Lipinski definition) is 0. The molecule has 0 N–H and O–H groups in total. The van der Waals surface area contributed by atoms with Crippen LogP contribution in [0, 0.1) is 5.92 Å². The molecular weight excluding hydrogens is 292 g/mol. The smallest absolute Gasteiger partial charge is 0.266 e. The summed E-state index contributed by atoms with van der Waals surface area (Å²) in [5, 5.41) is 12.4. The fourth-order valence-corrected chi connectivity index (χ4v) is 2.83. The van der Waals surface area contributed by atoms with Crippen molar-refractivity contribution < 1.29 is 0 Å². The minimum Gasteiger partial charge on any atom is -0.297 e. The highest BCUT2D eigenvalue weighted by Crippen LogP contribution is 2.21. The third kappa shape index (κ3) is 3.50. The van der Waals surface area contributed by atoms with E-state index < -0.39 is 0 Å². The molecule has 124 valence electrons. The van der Waals surface area contributed by atoms with E-state index >= 15 is 0 Å². The van der Waals surface area contributed by atoms with Crippen LogP contribution in [-0.4, -0.2) is 42.8 Å². The van der Waals surface area contributed by atoms with Crippen molar-refractivity contribution in [3.63, 3.8) is 0 Å². The summed E-state index contributed by atoms with van der Waals surface area (Å²) in [5.74, 6) is 0.469. The number of nitrogens with zero attached hydrogens (tertiary/aromatic N) is 6. The molecule has 0 saturated carbocycles. The maximum atomic E-state index is 12.0. The summed E-state index contributed by atoms with van der Waals surface area (Å²) in [5.41, 5.74) is 1.99. The second-order valence-corrected chi connectivity index (χ2v) is 7.40. The molecule has 1 saturated heterocycles. The first kappa shape index (κ1) is 15.9. The molecule has 0 spiro atoms. The van der Waals surface area contributed by atoms with E-state index in [0.717, 1.165) is 31.0 Å². The van der Waals surface area contributed by atoms with Gasteiger partial charge in [-0.1, -0.05) is 26.0 Å². The second kappa shape index (κ2) is 5.88. The Bertz CT molecular complexity index is 736. The molecule has 0 amide bonds. The lowest BCUT2D eigenvalue weighted by atomic mass is 9.92. The Hall–Kier alpha value is -2.02. The monoisotopic (exact) mass is 316 g/mol. The number of aryl methyl sites for hydroxylation is 1. The van der Waals surface area contributed by atoms with Crippen molar-refractivity contribution in [2.75, 3.05) is 13.1 Å². The lowest BCUT2D eigenvalue weighted by molar-refractivity contribution is 0.0739. The standard InChI is InChI=1S/C16H24N6O/c1-16(2,3)14-5-6-15(23)22(18-14)10-12-8-21(9-12)11-13-7-17-19-20(13)4/h5-7,12H,8-11H2,1-4H3. The van der Waals surface area contributed by atoms with Crippen molar-refractivity contribution in [2.45, 2.75) is 39.3 Å². The van der Waals surface area contributed by atoms with Gasteiger partial charge in [0.25, 0.3) is 5.56 Å². The summed E-state index contributed by atoms with van der Waals surface area (Å²) in [4.78, 5) is 14.4. The van der Waals surface area contributed by atoms with Crippen LogP contribution in [0.5, 0.6) is 0 Å². The quantitative estimate of drug-likeness (QED) is 0.834. The molecule has 7 heteroatoms. The minimum absolute atomic E-state index is 0.0210. The van der Waals surface area contributed by atoms with Gasteiger partial charge in [0.05, 0.1) is 24.1 Å². The largest absolute Gasteiger partial charge is 0.297 e. The van der Waals surface area contributed by atoms with Crippen molar-refractivity contribution in [1.82, 2.24) is 29.7 Å². The van der Waals surface area contributed by atoms with Crippen molar-refractivity contribution in [3.05, 3.63) is 40.1 Å². The van der Waals surface area contributed by atoms with E-state index in [4.69, 9.17) is 0 Å². The predicted octanol–water partition coefficient (Wildman–Crippen LogP) is 0.801. The molecule has 2 aromatic heterocycles. The lowest BCUT2D eigenvalue weighted by Crippen LogP contribution is -2.49. The molecular formula is C16H24N6O. The minimum atomic E-state index is -0.0480. The Morgan fingerprint density at radius 1 is 1.26 bits per heavy atom. The van der Waals surface area contributed by atoms with Crippen molar-refractivity contribution in [1.29, 1.82) is 0 Å². The van der Waals surface area contributed by atoms with Crippen LogP contribution in [0.15, 0.2) is 23.1 Å². The highest BCUT2D eigenvalue weighted by molar-refractivity contribution is 5.10. The number of aromatic nitrogens is 5. The van der Waals surface area contributed by atoms with Gasteiger partial charge in [-0.05, 0) is 6.07 Å². The van der Waals surface area contributed by atoms with Gasteiger partial charge in [-0.2, -0.15) is 5.10 Å². The van der Waals surface area contributed by atoms with E-state index in [-0.39, 0.29) is 11.0 Å². The van der Waals surface area contributed by atoms with Crippen molar-refractivity contribution in [2.24, 2.45) is 13.0 Å². The third-order valence-corrected chi connectivity index (χ3v) is 4.29. The Morgan fingerprint density at radius 3 is 2.61 bits per heavy atom. The van der Waals surface area contributed by atoms with E-state index in [0.29, 0.717) is 12.5 Å². The lowest BCUT2D eigenvalue weighted by Gasteiger charge is -2.39. The van der Waals surface area contributed by atoms with Crippen molar-refractivity contribution >= 4 is 0 Å². The van der Waals surface area contributed by atoms with Gasteiger partial charge in [-0.15, -0.1) is 5.10 Å². The highest BCUT2D eigenvalue weighted by atomic mass is 16.1. The molecule has 0 aromatic carbocycles. The molecule has 0 aliphatic carbocycles. The van der Waals surface area contributed by atoms with E-state index in [9.17, 15) is 4.79 Å². The third-order valence-electron chi connectivity index (χ3n) is 4.29. The first-order valence-corrected chi connectivity index (χ1v) is 7.97. The Kier molecular flexibility index (Phi) is 4.06. The fraction of sp³-hybridized carbons (Fsp3) is 0.625. The number of likely N-dealkylation sites (tertiary alicyclic amines) is 1. The van der Waals surface area contributed by atoms with Gasteiger partial charge in [-0.25, -0.2) is 4.68 Å². The summed E-state index contributed by atoms with van der Waals surface area (Å²) in [6.07, 6.45) is 1.80. The molecule has 1 aliphatic rings. The Balaban J connectivity index is 1.60. The summed E-state index contributed by atoms with van der Waals surface area (Å²) in [6.45, 7) is 9.80. The fourth-order valence-electron chi connectivity index (χ4n) is 2.83. The molecule has 0 bridgehead atoms. The van der Waals surface area contributed by atoms with Gasteiger partial charge < -0.3 is 0 Å². The van der Waals surface area contributed by atoms with Gasteiger partial charge in [-0.3, -0.25) is 14.4 Å². The number of rotatable bonds is 4. The van der Waals surface area contributed by atoms with Crippen LogP contribution in [0.2, 0.25) is 0 Å². The SMILES string of the molecule is Cn1nncc1CN1CC(Cn2nc(C(C)(C)C)ccc2=O)C1. The zero-order chi connectivity index (χ0) is 16.6. The Morgan fingerprint density at radius 2 is 2.00 bits per heavy atom.